The molecule has 0 fully saturated rings. The van der Waals surface area contributed by atoms with Gasteiger partial charge in [0.2, 0.25) is 0 Å². The van der Waals surface area contributed by atoms with Gasteiger partial charge in [-0.1, -0.05) is 84.9 Å². The van der Waals surface area contributed by atoms with Gasteiger partial charge < -0.3 is 14.7 Å². The SMILES string of the molecule is O=P(O)(O)O.c1ccc(C[P+](c2ccccc2)(c2ccccc2)c2ccccc2)cc1. The zero-order valence-corrected chi connectivity index (χ0v) is 18.7. The summed E-state index contributed by atoms with van der Waals surface area (Å²) < 4.78 is 8.88. The first-order chi connectivity index (χ1) is 14.9. The lowest BCUT2D eigenvalue weighted by molar-refractivity contribution is 0.275. The van der Waals surface area contributed by atoms with Gasteiger partial charge in [-0.05, 0) is 42.0 Å². The zero-order chi connectivity index (χ0) is 22.2. The second-order valence-electron chi connectivity index (χ2n) is 6.97. The quantitative estimate of drug-likeness (QED) is 0.397. The lowest BCUT2D eigenvalue weighted by Gasteiger charge is -2.27. The molecule has 4 rings (SSSR count). The molecule has 4 aromatic carbocycles. The van der Waals surface area contributed by atoms with Crippen molar-refractivity contribution in [3.05, 3.63) is 127 Å². The normalized spacial score (nSPS) is 11.3. The van der Waals surface area contributed by atoms with Gasteiger partial charge in [-0.15, -0.1) is 0 Å². The molecule has 158 valence electrons. The molecule has 6 heteroatoms. The maximum atomic E-state index is 8.88. The lowest BCUT2D eigenvalue weighted by Crippen LogP contribution is -2.32. The summed E-state index contributed by atoms with van der Waals surface area (Å²) in [7, 11) is -6.41. The van der Waals surface area contributed by atoms with Crippen molar-refractivity contribution in [1.29, 1.82) is 0 Å². The van der Waals surface area contributed by atoms with Gasteiger partial charge in [0, 0.05) is 0 Å². The van der Waals surface area contributed by atoms with E-state index in [-0.39, 0.29) is 0 Å². The van der Waals surface area contributed by atoms with Crippen molar-refractivity contribution in [1.82, 2.24) is 0 Å². The van der Waals surface area contributed by atoms with E-state index in [0.717, 1.165) is 6.16 Å². The van der Waals surface area contributed by atoms with Crippen molar-refractivity contribution >= 4 is 31.0 Å². The molecule has 0 aliphatic rings. The highest BCUT2D eigenvalue weighted by Crippen LogP contribution is 2.58. The van der Waals surface area contributed by atoms with Crippen molar-refractivity contribution in [3.63, 3.8) is 0 Å². The topological polar surface area (TPSA) is 77.8 Å². The molecule has 3 N–H and O–H groups in total. The fourth-order valence-corrected chi connectivity index (χ4v) is 7.87. The standard InChI is InChI=1S/C25H22P.H3O4P/c1-5-13-22(14-6-1)21-26(23-15-7-2-8-16-23,24-17-9-3-10-18-24)25-19-11-4-12-20-25;1-5(2,3)4/h1-20H,21H2;(H3,1,2,3,4)/q+1;. The first-order valence-corrected chi connectivity index (χ1v) is 13.3. The molecule has 0 radical (unpaired) electrons. The average molecular weight is 451 g/mol. The molecule has 4 nitrogen and oxygen atoms in total. The van der Waals surface area contributed by atoms with E-state index in [9.17, 15) is 0 Å². The van der Waals surface area contributed by atoms with Gasteiger partial charge in [-0.25, -0.2) is 4.57 Å². The van der Waals surface area contributed by atoms with Crippen LogP contribution in [0.3, 0.4) is 0 Å². The van der Waals surface area contributed by atoms with Crippen molar-refractivity contribution < 1.29 is 19.2 Å². The number of benzene rings is 4. The smallest absolute Gasteiger partial charge is 0.303 e. The van der Waals surface area contributed by atoms with E-state index in [1.54, 1.807) is 0 Å². The van der Waals surface area contributed by atoms with E-state index in [0.29, 0.717) is 0 Å². The minimum absolute atomic E-state index is 1.03. The van der Waals surface area contributed by atoms with Crippen molar-refractivity contribution in [3.8, 4) is 0 Å². The number of hydrogen-bond donors (Lipinski definition) is 3. The number of hydrogen-bond acceptors (Lipinski definition) is 1. The van der Waals surface area contributed by atoms with E-state index in [1.165, 1.54) is 21.5 Å². The molecule has 0 unspecified atom stereocenters. The van der Waals surface area contributed by atoms with Crippen LogP contribution >= 0.6 is 15.1 Å². The third kappa shape index (κ3) is 6.45. The second-order valence-corrected chi connectivity index (χ2v) is 11.5. The average Bonchev–Trinajstić information content (AvgIpc) is 2.79. The Morgan fingerprint density at radius 3 is 1.06 bits per heavy atom. The summed E-state index contributed by atoms with van der Waals surface area (Å²) in [5.74, 6) is 0. The second kappa shape index (κ2) is 10.6. The highest BCUT2D eigenvalue weighted by atomic mass is 31.2. The predicted molar refractivity (Wildman–Crippen MR) is 130 cm³/mol. The van der Waals surface area contributed by atoms with Crippen LogP contribution in [-0.2, 0) is 10.7 Å². The summed E-state index contributed by atoms with van der Waals surface area (Å²) in [6.45, 7) is 0. The Kier molecular flexibility index (Phi) is 7.92. The van der Waals surface area contributed by atoms with Crippen LogP contribution in [0.4, 0.5) is 0 Å². The van der Waals surface area contributed by atoms with Crippen molar-refractivity contribution in [2.45, 2.75) is 6.16 Å². The van der Waals surface area contributed by atoms with Crippen molar-refractivity contribution in [2.24, 2.45) is 0 Å². The summed E-state index contributed by atoms with van der Waals surface area (Å²) in [4.78, 5) is 21.6. The van der Waals surface area contributed by atoms with E-state index < -0.39 is 15.1 Å². The Bertz CT molecular complexity index is 994. The molecule has 0 amide bonds. The van der Waals surface area contributed by atoms with Crippen LogP contribution in [0.2, 0.25) is 0 Å². The number of phosphoric acid groups is 1. The van der Waals surface area contributed by atoms with Gasteiger partial charge in [0.1, 0.15) is 23.2 Å². The molecule has 0 aromatic heterocycles. The van der Waals surface area contributed by atoms with Crippen LogP contribution in [0.15, 0.2) is 121 Å². The van der Waals surface area contributed by atoms with E-state index in [4.69, 9.17) is 19.2 Å². The largest absolute Gasteiger partial charge is 0.466 e. The third-order valence-electron chi connectivity index (χ3n) is 4.85. The Balaban J connectivity index is 0.000000491. The Hall–Kier alpha value is -2.58. The minimum Gasteiger partial charge on any atom is -0.303 e. The van der Waals surface area contributed by atoms with Crippen LogP contribution in [0.25, 0.3) is 0 Å². The molecule has 0 spiro atoms. The first-order valence-electron chi connectivity index (χ1n) is 9.77. The number of rotatable bonds is 5. The third-order valence-corrected chi connectivity index (χ3v) is 9.23. The summed E-state index contributed by atoms with van der Waals surface area (Å²) in [6.07, 6.45) is 1.03. The molecule has 0 atom stereocenters. The van der Waals surface area contributed by atoms with Gasteiger partial charge in [-0.2, -0.15) is 0 Å². The van der Waals surface area contributed by atoms with Crippen LogP contribution in [-0.4, -0.2) is 14.7 Å². The summed E-state index contributed by atoms with van der Waals surface area (Å²) in [6, 6.07) is 44.0. The van der Waals surface area contributed by atoms with Gasteiger partial charge in [0.05, 0.1) is 6.16 Å². The van der Waals surface area contributed by atoms with Gasteiger partial charge in [0.25, 0.3) is 0 Å². The first kappa shape index (κ1) is 23.1. The molecule has 31 heavy (non-hydrogen) atoms. The van der Waals surface area contributed by atoms with E-state index in [1.807, 2.05) is 0 Å². The highest BCUT2D eigenvalue weighted by Gasteiger charge is 2.45. The molecular weight excluding hydrogens is 426 g/mol. The van der Waals surface area contributed by atoms with E-state index in [2.05, 4.69) is 121 Å². The molecule has 0 saturated carbocycles. The minimum atomic E-state index is -4.64. The molecular formula is C25H25O4P2+. The van der Waals surface area contributed by atoms with Gasteiger partial charge in [0.15, 0.2) is 0 Å². The van der Waals surface area contributed by atoms with Crippen LogP contribution in [0, 0.1) is 0 Å². The van der Waals surface area contributed by atoms with Crippen LogP contribution in [0.5, 0.6) is 0 Å². The zero-order valence-electron chi connectivity index (χ0n) is 16.9. The molecule has 0 aliphatic carbocycles. The van der Waals surface area contributed by atoms with Crippen molar-refractivity contribution in [2.75, 3.05) is 0 Å². The fourth-order valence-electron chi connectivity index (χ4n) is 3.63. The van der Waals surface area contributed by atoms with Crippen LogP contribution < -0.4 is 15.9 Å². The Morgan fingerprint density at radius 2 is 0.774 bits per heavy atom. The summed E-state index contributed by atoms with van der Waals surface area (Å²) in [5.41, 5.74) is 1.39. The maximum absolute atomic E-state index is 8.88. The fraction of sp³-hybridized carbons (Fsp3) is 0.0400. The summed E-state index contributed by atoms with van der Waals surface area (Å²) in [5, 5.41) is 4.30. The Morgan fingerprint density at radius 1 is 0.516 bits per heavy atom. The Labute approximate surface area is 183 Å². The predicted octanol–water partition coefficient (Wildman–Crippen LogP) is 4.25. The lowest BCUT2D eigenvalue weighted by atomic mass is 10.2. The highest BCUT2D eigenvalue weighted by molar-refractivity contribution is 7.95. The molecule has 0 bridgehead atoms. The van der Waals surface area contributed by atoms with Gasteiger partial charge in [-0.3, -0.25) is 0 Å². The maximum Gasteiger partial charge on any atom is 0.466 e. The monoisotopic (exact) mass is 451 g/mol. The van der Waals surface area contributed by atoms with E-state index >= 15 is 0 Å². The van der Waals surface area contributed by atoms with Gasteiger partial charge >= 0.3 is 7.82 Å². The molecule has 0 aliphatic heterocycles. The molecule has 4 aromatic rings. The summed E-state index contributed by atoms with van der Waals surface area (Å²) >= 11 is 0. The van der Waals surface area contributed by atoms with Crippen LogP contribution in [0.1, 0.15) is 5.56 Å². The molecule has 0 heterocycles. The molecule has 0 saturated heterocycles.